The van der Waals surface area contributed by atoms with Gasteiger partial charge in [-0.1, -0.05) is 0 Å². The maximum absolute atomic E-state index is 14.1. The quantitative estimate of drug-likeness (QED) is 0.820. The lowest BCUT2D eigenvalue weighted by Crippen LogP contribution is -2.24. The van der Waals surface area contributed by atoms with Gasteiger partial charge in [0.15, 0.2) is 0 Å². The molecule has 1 aromatic carbocycles. The van der Waals surface area contributed by atoms with E-state index in [9.17, 15) is 9.18 Å². The molecule has 2 aromatic rings. The number of nitrogen functional groups attached to an aromatic ring is 1. The maximum atomic E-state index is 14.1. The summed E-state index contributed by atoms with van der Waals surface area (Å²) in [6, 6.07) is 6.05. The Morgan fingerprint density at radius 1 is 1.45 bits per heavy atom. The van der Waals surface area contributed by atoms with Crippen LogP contribution in [0, 0.1) is 5.82 Å². The molecule has 0 spiro atoms. The molecule has 0 aliphatic rings. The SMILES string of the molecule is CCN(Cc1ccco1)c1cc(C(N)=O)c(N)cc1F. The molecular weight excluding hydrogens is 261 g/mol. The highest BCUT2D eigenvalue weighted by atomic mass is 19.1. The monoisotopic (exact) mass is 277 g/mol. The van der Waals surface area contributed by atoms with Crippen LogP contribution < -0.4 is 16.4 Å². The van der Waals surface area contributed by atoms with Gasteiger partial charge in [-0.05, 0) is 31.2 Å². The number of primary amides is 1. The topological polar surface area (TPSA) is 85.5 Å². The van der Waals surface area contributed by atoms with Gasteiger partial charge in [0.1, 0.15) is 11.6 Å². The second kappa shape index (κ2) is 5.64. The molecule has 5 nitrogen and oxygen atoms in total. The molecule has 0 radical (unpaired) electrons. The van der Waals surface area contributed by atoms with E-state index in [1.807, 2.05) is 6.92 Å². The fraction of sp³-hybridized carbons (Fsp3) is 0.214. The number of furan rings is 1. The lowest BCUT2D eigenvalue weighted by molar-refractivity contribution is 0.100. The van der Waals surface area contributed by atoms with Gasteiger partial charge < -0.3 is 20.8 Å². The summed E-state index contributed by atoms with van der Waals surface area (Å²) in [6.45, 7) is 2.81. The summed E-state index contributed by atoms with van der Waals surface area (Å²) in [4.78, 5) is 13.0. The normalized spacial score (nSPS) is 10.5. The summed E-state index contributed by atoms with van der Waals surface area (Å²) in [5.74, 6) is -0.484. The molecule has 106 valence electrons. The highest BCUT2D eigenvalue weighted by Crippen LogP contribution is 2.26. The van der Waals surface area contributed by atoms with E-state index in [-0.39, 0.29) is 16.9 Å². The second-order valence-electron chi connectivity index (χ2n) is 4.35. The number of carbonyl (C=O) groups excluding carboxylic acids is 1. The van der Waals surface area contributed by atoms with Crippen molar-refractivity contribution in [3.8, 4) is 0 Å². The van der Waals surface area contributed by atoms with Crippen molar-refractivity contribution in [2.24, 2.45) is 5.73 Å². The van der Waals surface area contributed by atoms with E-state index < -0.39 is 11.7 Å². The number of nitrogens with zero attached hydrogens (tertiary/aromatic N) is 1. The largest absolute Gasteiger partial charge is 0.467 e. The van der Waals surface area contributed by atoms with Crippen molar-refractivity contribution < 1.29 is 13.6 Å². The number of rotatable bonds is 5. The Morgan fingerprint density at radius 2 is 2.20 bits per heavy atom. The van der Waals surface area contributed by atoms with Crippen LogP contribution in [0.15, 0.2) is 34.9 Å². The number of hydrogen-bond acceptors (Lipinski definition) is 4. The third-order valence-corrected chi connectivity index (χ3v) is 3.03. The number of halogens is 1. The molecule has 1 heterocycles. The standard InChI is InChI=1S/C14H16FN3O2/c1-2-18(8-9-4-3-5-20-9)13-6-10(14(17)19)12(16)7-11(13)15/h3-7H,2,8,16H2,1H3,(H2,17,19). The molecule has 4 N–H and O–H groups in total. The van der Waals surface area contributed by atoms with Gasteiger partial charge in [0.05, 0.1) is 24.1 Å². The molecule has 0 fully saturated rings. The molecule has 0 aliphatic heterocycles. The third-order valence-electron chi connectivity index (χ3n) is 3.03. The minimum atomic E-state index is -0.683. The van der Waals surface area contributed by atoms with Crippen molar-refractivity contribution >= 4 is 17.3 Å². The van der Waals surface area contributed by atoms with Crippen LogP contribution >= 0.6 is 0 Å². The molecule has 1 aromatic heterocycles. The third kappa shape index (κ3) is 2.74. The van der Waals surface area contributed by atoms with Gasteiger partial charge >= 0.3 is 0 Å². The molecule has 0 aliphatic carbocycles. The van der Waals surface area contributed by atoms with Crippen LogP contribution in [0.4, 0.5) is 15.8 Å². The minimum absolute atomic E-state index is 0.0350. The molecule has 20 heavy (non-hydrogen) atoms. The minimum Gasteiger partial charge on any atom is -0.467 e. The Kier molecular flexibility index (Phi) is 3.93. The lowest BCUT2D eigenvalue weighted by atomic mass is 10.1. The van der Waals surface area contributed by atoms with E-state index in [1.54, 1.807) is 23.3 Å². The Bertz CT molecular complexity index is 611. The molecular formula is C14H16FN3O2. The van der Waals surface area contributed by atoms with Crippen molar-refractivity contribution in [1.29, 1.82) is 0 Å². The number of carbonyl (C=O) groups is 1. The first-order chi connectivity index (χ1) is 9.52. The van der Waals surface area contributed by atoms with Gasteiger partial charge in [-0.25, -0.2) is 4.39 Å². The first kappa shape index (κ1) is 13.9. The van der Waals surface area contributed by atoms with E-state index in [0.717, 1.165) is 6.07 Å². The van der Waals surface area contributed by atoms with Gasteiger partial charge in [-0.2, -0.15) is 0 Å². The summed E-state index contributed by atoms with van der Waals surface area (Å²) < 4.78 is 19.3. The van der Waals surface area contributed by atoms with Gasteiger partial charge in [-0.15, -0.1) is 0 Å². The predicted molar refractivity (Wildman–Crippen MR) is 74.8 cm³/mol. The van der Waals surface area contributed by atoms with Gasteiger partial charge in [0.25, 0.3) is 5.91 Å². The van der Waals surface area contributed by atoms with Crippen LogP contribution in [0.5, 0.6) is 0 Å². The van der Waals surface area contributed by atoms with Crippen LogP contribution in [0.2, 0.25) is 0 Å². The summed E-state index contributed by atoms with van der Waals surface area (Å²) in [5.41, 5.74) is 11.2. The number of nitrogens with two attached hydrogens (primary N) is 2. The lowest BCUT2D eigenvalue weighted by Gasteiger charge is -2.23. The molecule has 0 saturated carbocycles. The molecule has 0 saturated heterocycles. The Morgan fingerprint density at radius 3 is 2.75 bits per heavy atom. The summed E-state index contributed by atoms with van der Waals surface area (Å²) >= 11 is 0. The highest BCUT2D eigenvalue weighted by molar-refractivity contribution is 5.99. The zero-order chi connectivity index (χ0) is 14.7. The zero-order valence-corrected chi connectivity index (χ0v) is 11.1. The Balaban J connectivity index is 2.38. The second-order valence-corrected chi connectivity index (χ2v) is 4.35. The summed E-state index contributed by atoms with van der Waals surface area (Å²) in [6.07, 6.45) is 1.55. The Hall–Kier alpha value is -2.50. The van der Waals surface area contributed by atoms with E-state index >= 15 is 0 Å². The fourth-order valence-corrected chi connectivity index (χ4v) is 1.99. The molecule has 2 rings (SSSR count). The van der Waals surface area contributed by atoms with Crippen LogP contribution in [-0.2, 0) is 6.54 Å². The fourth-order valence-electron chi connectivity index (χ4n) is 1.99. The van der Waals surface area contributed by atoms with Crippen molar-refractivity contribution in [2.45, 2.75) is 13.5 Å². The maximum Gasteiger partial charge on any atom is 0.250 e. The smallest absolute Gasteiger partial charge is 0.250 e. The van der Waals surface area contributed by atoms with Gasteiger partial charge in [0, 0.05) is 12.2 Å². The van der Waals surface area contributed by atoms with Crippen molar-refractivity contribution in [3.63, 3.8) is 0 Å². The van der Waals surface area contributed by atoms with E-state index in [1.165, 1.54) is 6.07 Å². The van der Waals surface area contributed by atoms with Crippen molar-refractivity contribution in [3.05, 3.63) is 47.7 Å². The van der Waals surface area contributed by atoms with E-state index in [2.05, 4.69) is 0 Å². The van der Waals surface area contributed by atoms with Crippen LogP contribution in [0.1, 0.15) is 23.0 Å². The molecule has 0 unspecified atom stereocenters. The number of benzene rings is 1. The number of hydrogen-bond donors (Lipinski definition) is 2. The van der Waals surface area contributed by atoms with E-state index in [4.69, 9.17) is 15.9 Å². The average molecular weight is 277 g/mol. The van der Waals surface area contributed by atoms with Crippen LogP contribution in [-0.4, -0.2) is 12.5 Å². The average Bonchev–Trinajstić information content (AvgIpc) is 2.89. The Labute approximate surface area is 116 Å². The number of amides is 1. The van der Waals surface area contributed by atoms with Crippen molar-refractivity contribution in [1.82, 2.24) is 0 Å². The molecule has 0 bridgehead atoms. The van der Waals surface area contributed by atoms with Gasteiger partial charge in [-0.3, -0.25) is 4.79 Å². The van der Waals surface area contributed by atoms with Crippen LogP contribution in [0.3, 0.4) is 0 Å². The summed E-state index contributed by atoms with van der Waals surface area (Å²) in [7, 11) is 0. The highest BCUT2D eigenvalue weighted by Gasteiger charge is 2.17. The van der Waals surface area contributed by atoms with Gasteiger partial charge in [0.2, 0.25) is 0 Å². The molecule has 6 heteroatoms. The first-order valence-electron chi connectivity index (χ1n) is 6.19. The van der Waals surface area contributed by atoms with Crippen molar-refractivity contribution in [2.75, 3.05) is 17.2 Å². The van der Waals surface area contributed by atoms with Crippen LogP contribution in [0.25, 0.3) is 0 Å². The van der Waals surface area contributed by atoms with E-state index in [0.29, 0.717) is 18.8 Å². The molecule has 1 amide bonds. The zero-order valence-electron chi connectivity index (χ0n) is 11.1. The molecule has 0 atom stereocenters. The number of anilines is 2. The first-order valence-corrected chi connectivity index (χ1v) is 6.19. The summed E-state index contributed by atoms with van der Waals surface area (Å²) in [5, 5.41) is 0. The predicted octanol–water partition coefficient (Wildman–Crippen LogP) is 2.13.